The Labute approximate surface area is 89.2 Å². The molecule has 2 fully saturated rings. The van der Waals surface area contributed by atoms with Gasteiger partial charge in [0.25, 0.3) is 0 Å². The van der Waals surface area contributed by atoms with Crippen LogP contribution in [-0.2, 0) is 9.59 Å². The third-order valence-electron chi connectivity index (χ3n) is 2.97. The van der Waals surface area contributed by atoms with E-state index in [4.69, 9.17) is 0 Å². The van der Waals surface area contributed by atoms with Crippen LogP contribution in [0.5, 0.6) is 0 Å². The van der Waals surface area contributed by atoms with Gasteiger partial charge in [-0.15, -0.1) is 0 Å². The molecule has 5 nitrogen and oxygen atoms in total. The Morgan fingerprint density at radius 3 is 2.93 bits per heavy atom. The van der Waals surface area contributed by atoms with Gasteiger partial charge in [0.2, 0.25) is 11.8 Å². The van der Waals surface area contributed by atoms with Crippen LogP contribution >= 0.6 is 0 Å². The zero-order chi connectivity index (χ0) is 10.8. The lowest BCUT2D eigenvalue weighted by molar-refractivity contribution is -0.135. The smallest absolute Gasteiger partial charge is 0.245 e. The topological polar surface area (TPSA) is 61.4 Å². The van der Waals surface area contributed by atoms with Crippen LogP contribution in [0.2, 0.25) is 0 Å². The lowest BCUT2D eigenvalue weighted by Gasteiger charge is -2.33. The molecule has 84 valence electrons. The van der Waals surface area contributed by atoms with Crippen LogP contribution in [0.25, 0.3) is 0 Å². The van der Waals surface area contributed by atoms with E-state index in [2.05, 4.69) is 17.6 Å². The molecule has 0 saturated carbocycles. The standard InChI is InChI=1S/C10H17N3O2/c1-7-6-13(5-4-11-7)10(15)8-2-3-9(14)12-8/h7-8,11H,2-6H2,1H3,(H,12,14)/t7-,8?/m1/s1. The first-order valence-corrected chi connectivity index (χ1v) is 5.48. The van der Waals surface area contributed by atoms with E-state index in [9.17, 15) is 9.59 Å². The number of carbonyl (C=O) groups is 2. The summed E-state index contributed by atoms with van der Waals surface area (Å²) in [5, 5.41) is 6.00. The number of amides is 2. The first kappa shape index (κ1) is 10.4. The van der Waals surface area contributed by atoms with Crippen LogP contribution in [0.4, 0.5) is 0 Å². The second-order valence-corrected chi connectivity index (χ2v) is 4.30. The molecule has 0 spiro atoms. The fraction of sp³-hybridized carbons (Fsp3) is 0.800. The van der Waals surface area contributed by atoms with Crippen LogP contribution in [0, 0.1) is 0 Å². The summed E-state index contributed by atoms with van der Waals surface area (Å²) in [5.41, 5.74) is 0. The molecule has 15 heavy (non-hydrogen) atoms. The Balaban J connectivity index is 1.92. The van der Waals surface area contributed by atoms with Crippen molar-refractivity contribution in [1.82, 2.24) is 15.5 Å². The minimum atomic E-state index is -0.275. The van der Waals surface area contributed by atoms with Crippen molar-refractivity contribution in [3.8, 4) is 0 Å². The highest BCUT2D eigenvalue weighted by molar-refractivity contribution is 5.90. The van der Waals surface area contributed by atoms with Gasteiger partial charge in [0, 0.05) is 32.1 Å². The molecule has 2 atom stereocenters. The summed E-state index contributed by atoms with van der Waals surface area (Å²) in [7, 11) is 0. The average Bonchev–Trinajstić information content (AvgIpc) is 2.64. The lowest BCUT2D eigenvalue weighted by Crippen LogP contribution is -2.55. The van der Waals surface area contributed by atoms with Crippen molar-refractivity contribution in [1.29, 1.82) is 0 Å². The zero-order valence-electron chi connectivity index (χ0n) is 8.95. The van der Waals surface area contributed by atoms with Gasteiger partial charge in [-0.1, -0.05) is 0 Å². The van der Waals surface area contributed by atoms with E-state index in [1.807, 2.05) is 4.90 Å². The van der Waals surface area contributed by atoms with Gasteiger partial charge in [-0.2, -0.15) is 0 Å². The molecular weight excluding hydrogens is 194 g/mol. The van der Waals surface area contributed by atoms with E-state index in [-0.39, 0.29) is 17.9 Å². The van der Waals surface area contributed by atoms with Crippen LogP contribution in [-0.4, -0.2) is 48.4 Å². The summed E-state index contributed by atoms with van der Waals surface area (Å²) in [6.45, 7) is 4.39. The summed E-state index contributed by atoms with van der Waals surface area (Å²) < 4.78 is 0. The van der Waals surface area contributed by atoms with Gasteiger partial charge < -0.3 is 15.5 Å². The third-order valence-corrected chi connectivity index (χ3v) is 2.97. The number of carbonyl (C=O) groups excluding carboxylic acids is 2. The molecular formula is C10H17N3O2. The third kappa shape index (κ3) is 2.28. The summed E-state index contributed by atoms with van der Waals surface area (Å²) >= 11 is 0. The first-order chi connectivity index (χ1) is 7.16. The van der Waals surface area contributed by atoms with Crippen molar-refractivity contribution in [2.75, 3.05) is 19.6 Å². The molecule has 0 aromatic rings. The molecule has 2 heterocycles. The Morgan fingerprint density at radius 2 is 2.33 bits per heavy atom. The van der Waals surface area contributed by atoms with Gasteiger partial charge >= 0.3 is 0 Å². The maximum atomic E-state index is 12.0. The fourth-order valence-electron chi connectivity index (χ4n) is 2.15. The molecule has 2 N–H and O–H groups in total. The Bertz CT molecular complexity index is 280. The van der Waals surface area contributed by atoms with Crippen LogP contribution in [0.15, 0.2) is 0 Å². The molecule has 0 aromatic heterocycles. The van der Waals surface area contributed by atoms with Crippen molar-refractivity contribution in [2.24, 2.45) is 0 Å². The van der Waals surface area contributed by atoms with Gasteiger partial charge in [-0.3, -0.25) is 9.59 Å². The van der Waals surface area contributed by atoms with Gasteiger partial charge in [-0.25, -0.2) is 0 Å². The van der Waals surface area contributed by atoms with Crippen molar-refractivity contribution >= 4 is 11.8 Å². The number of hydrogen-bond donors (Lipinski definition) is 2. The van der Waals surface area contributed by atoms with Gasteiger partial charge in [0.05, 0.1) is 0 Å². The Hall–Kier alpha value is -1.10. The summed E-state index contributed by atoms with van der Waals surface area (Å²) in [4.78, 5) is 24.8. The summed E-state index contributed by atoms with van der Waals surface area (Å²) in [5.74, 6) is 0.0748. The predicted molar refractivity (Wildman–Crippen MR) is 55.2 cm³/mol. The first-order valence-electron chi connectivity index (χ1n) is 5.48. The highest BCUT2D eigenvalue weighted by Crippen LogP contribution is 2.11. The zero-order valence-corrected chi connectivity index (χ0v) is 8.95. The van der Waals surface area contributed by atoms with E-state index >= 15 is 0 Å². The highest BCUT2D eigenvalue weighted by Gasteiger charge is 2.32. The number of piperazine rings is 1. The minimum absolute atomic E-state index is 0.00321. The maximum Gasteiger partial charge on any atom is 0.245 e. The molecule has 0 aliphatic carbocycles. The molecule has 0 bridgehead atoms. The van der Waals surface area contributed by atoms with Crippen LogP contribution in [0.1, 0.15) is 19.8 Å². The Kier molecular flexibility index (Phi) is 2.90. The summed E-state index contributed by atoms with van der Waals surface area (Å²) in [6.07, 6.45) is 1.13. The molecule has 2 saturated heterocycles. The van der Waals surface area contributed by atoms with Crippen LogP contribution in [0.3, 0.4) is 0 Å². The molecule has 2 rings (SSSR count). The molecule has 2 aliphatic rings. The molecule has 5 heteroatoms. The van der Waals surface area contributed by atoms with E-state index in [0.717, 1.165) is 19.6 Å². The van der Waals surface area contributed by atoms with Crippen LogP contribution < -0.4 is 10.6 Å². The molecule has 1 unspecified atom stereocenters. The largest absolute Gasteiger partial charge is 0.344 e. The molecule has 0 aromatic carbocycles. The van der Waals surface area contributed by atoms with E-state index in [1.165, 1.54) is 0 Å². The maximum absolute atomic E-state index is 12.0. The minimum Gasteiger partial charge on any atom is -0.344 e. The highest BCUT2D eigenvalue weighted by atomic mass is 16.2. The van der Waals surface area contributed by atoms with Gasteiger partial charge in [-0.05, 0) is 13.3 Å². The molecule has 2 aliphatic heterocycles. The quantitative estimate of drug-likeness (QED) is 0.590. The average molecular weight is 211 g/mol. The van der Waals surface area contributed by atoms with Crippen molar-refractivity contribution in [2.45, 2.75) is 31.8 Å². The number of nitrogens with one attached hydrogen (secondary N) is 2. The number of nitrogens with zero attached hydrogens (tertiary/aromatic N) is 1. The van der Waals surface area contributed by atoms with Crippen molar-refractivity contribution in [3.05, 3.63) is 0 Å². The van der Waals surface area contributed by atoms with Gasteiger partial charge in [0.1, 0.15) is 6.04 Å². The summed E-state index contributed by atoms with van der Waals surface area (Å²) in [6, 6.07) is 0.0719. The second-order valence-electron chi connectivity index (χ2n) is 4.30. The SMILES string of the molecule is C[C@@H]1CN(C(=O)C2CCC(=O)N2)CCN1. The predicted octanol–water partition coefficient (Wildman–Crippen LogP) is -0.915. The second kappa shape index (κ2) is 4.18. The number of hydrogen-bond acceptors (Lipinski definition) is 3. The van der Waals surface area contributed by atoms with Crippen molar-refractivity contribution < 1.29 is 9.59 Å². The van der Waals surface area contributed by atoms with E-state index in [1.54, 1.807) is 0 Å². The lowest BCUT2D eigenvalue weighted by atomic mass is 10.1. The molecule has 2 amide bonds. The normalized spacial score (nSPS) is 31.5. The number of rotatable bonds is 1. The Morgan fingerprint density at radius 1 is 1.53 bits per heavy atom. The van der Waals surface area contributed by atoms with E-state index < -0.39 is 0 Å². The van der Waals surface area contributed by atoms with E-state index in [0.29, 0.717) is 18.9 Å². The molecule has 0 radical (unpaired) electrons. The fourth-order valence-corrected chi connectivity index (χ4v) is 2.15. The van der Waals surface area contributed by atoms with Gasteiger partial charge in [0.15, 0.2) is 0 Å². The van der Waals surface area contributed by atoms with Crippen molar-refractivity contribution in [3.63, 3.8) is 0 Å². The monoisotopic (exact) mass is 211 g/mol.